The summed E-state index contributed by atoms with van der Waals surface area (Å²) in [6, 6.07) is -0.139. The highest BCUT2D eigenvalue weighted by Gasteiger charge is 2.21. The van der Waals surface area contributed by atoms with Crippen LogP contribution in [0.15, 0.2) is 0 Å². The zero-order valence-corrected chi connectivity index (χ0v) is 9.15. The number of urea groups is 1. The van der Waals surface area contributed by atoms with Gasteiger partial charge in [0, 0.05) is 40.2 Å². The van der Waals surface area contributed by atoms with E-state index in [9.17, 15) is 9.59 Å². The van der Waals surface area contributed by atoms with Gasteiger partial charge in [0.15, 0.2) is 0 Å². The molecule has 6 nitrogen and oxygen atoms in total. The summed E-state index contributed by atoms with van der Waals surface area (Å²) in [5.74, 6) is 0.0620. The Bertz CT molecular complexity index is 237. The third-order valence-electron chi connectivity index (χ3n) is 2.38. The van der Waals surface area contributed by atoms with Crippen LogP contribution < -0.4 is 5.32 Å². The first-order valence-electron chi connectivity index (χ1n) is 4.92. The van der Waals surface area contributed by atoms with Gasteiger partial charge in [0.05, 0.1) is 0 Å². The van der Waals surface area contributed by atoms with Gasteiger partial charge in [-0.1, -0.05) is 0 Å². The summed E-state index contributed by atoms with van der Waals surface area (Å²) in [5, 5.41) is 2.61. The standard InChI is InChI=1S/C9H17N3O3/c1-8(13)11-3-5-12(6-4-11)9(14)10-7-15-2/h3-7H2,1-2H3,(H,10,14). The molecular formula is C9H17N3O3. The van der Waals surface area contributed by atoms with Crippen LogP contribution in [0.5, 0.6) is 0 Å². The summed E-state index contributed by atoms with van der Waals surface area (Å²) >= 11 is 0. The number of nitrogens with zero attached hydrogens (tertiary/aromatic N) is 2. The molecule has 0 unspecified atom stereocenters. The van der Waals surface area contributed by atoms with Crippen LogP contribution >= 0.6 is 0 Å². The molecular weight excluding hydrogens is 198 g/mol. The van der Waals surface area contributed by atoms with Crippen LogP contribution in [0.2, 0.25) is 0 Å². The summed E-state index contributed by atoms with van der Waals surface area (Å²) in [6.45, 7) is 4.13. The maximum Gasteiger partial charge on any atom is 0.319 e. The monoisotopic (exact) mass is 215 g/mol. The molecule has 1 N–H and O–H groups in total. The number of rotatable bonds is 2. The molecule has 86 valence electrons. The predicted molar refractivity (Wildman–Crippen MR) is 54.2 cm³/mol. The van der Waals surface area contributed by atoms with Crippen molar-refractivity contribution in [2.24, 2.45) is 0 Å². The second kappa shape index (κ2) is 5.55. The number of hydrogen-bond acceptors (Lipinski definition) is 3. The fraction of sp³-hybridized carbons (Fsp3) is 0.778. The molecule has 0 aromatic rings. The van der Waals surface area contributed by atoms with E-state index in [1.54, 1.807) is 16.7 Å². The van der Waals surface area contributed by atoms with Crippen LogP contribution in [-0.4, -0.2) is 61.8 Å². The Labute approximate surface area is 89.2 Å². The Balaban J connectivity index is 2.30. The molecule has 6 heteroatoms. The van der Waals surface area contributed by atoms with E-state index in [0.29, 0.717) is 26.2 Å². The van der Waals surface area contributed by atoms with Crippen molar-refractivity contribution in [3.05, 3.63) is 0 Å². The number of piperazine rings is 1. The lowest BCUT2D eigenvalue weighted by atomic mass is 10.3. The summed E-state index contributed by atoms with van der Waals surface area (Å²) in [4.78, 5) is 25.9. The van der Waals surface area contributed by atoms with Crippen molar-refractivity contribution in [3.63, 3.8) is 0 Å². The molecule has 0 radical (unpaired) electrons. The average Bonchev–Trinajstić information content (AvgIpc) is 2.26. The average molecular weight is 215 g/mol. The van der Waals surface area contributed by atoms with E-state index in [1.807, 2.05) is 0 Å². The van der Waals surface area contributed by atoms with E-state index in [1.165, 1.54) is 7.11 Å². The fourth-order valence-electron chi connectivity index (χ4n) is 1.47. The Morgan fingerprint density at radius 2 is 1.73 bits per heavy atom. The minimum absolute atomic E-state index is 0.0620. The molecule has 0 aromatic heterocycles. The molecule has 3 amide bonds. The third-order valence-corrected chi connectivity index (χ3v) is 2.38. The van der Waals surface area contributed by atoms with E-state index in [-0.39, 0.29) is 18.7 Å². The van der Waals surface area contributed by atoms with Crippen LogP contribution in [-0.2, 0) is 9.53 Å². The summed E-state index contributed by atoms with van der Waals surface area (Å²) < 4.78 is 4.74. The van der Waals surface area contributed by atoms with E-state index < -0.39 is 0 Å². The number of carbonyl (C=O) groups excluding carboxylic acids is 2. The predicted octanol–water partition coefficient (Wildman–Crippen LogP) is -0.536. The number of nitrogens with one attached hydrogen (secondary N) is 1. The highest BCUT2D eigenvalue weighted by Crippen LogP contribution is 2.01. The van der Waals surface area contributed by atoms with E-state index in [2.05, 4.69) is 5.32 Å². The highest BCUT2D eigenvalue weighted by molar-refractivity contribution is 5.76. The topological polar surface area (TPSA) is 61.9 Å². The number of ether oxygens (including phenoxy) is 1. The zero-order valence-electron chi connectivity index (χ0n) is 9.15. The van der Waals surface area contributed by atoms with E-state index in [0.717, 1.165) is 0 Å². The van der Waals surface area contributed by atoms with E-state index >= 15 is 0 Å². The van der Waals surface area contributed by atoms with Crippen LogP contribution in [0, 0.1) is 0 Å². The first kappa shape index (κ1) is 11.8. The molecule has 1 aliphatic rings. The normalized spacial score (nSPS) is 16.4. The van der Waals surface area contributed by atoms with E-state index in [4.69, 9.17) is 4.74 Å². The van der Waals surface area contributed by atoms with Crippen LogP contribution in [0.25, 0.3) is 0 Å². The van der Waals surface area contributed by atoms with Crippen LogP contribution in [0.1, 0.15) is 6.92 Å². The molecule has 1 fully saturated rings. The first-order chi connectivity index (χ1) is 7.15. The molecule has 0 spiro atoms. The van der Waals surface area contributed by atoms with Gasteiger partial charge in [0.25, 0.3) is 0 Å². The number of hydrogen-bond donors (Lipinski definition) is 1. The van der Waals surface area contributed by atoms with Gasteiger partial charge in [-0.2, -0.15) is 0 Å². The molecule has 0 bridgehead atoms. The van der Waals surface area contributed by atoms with Crippen molar-refractivity contribution in [2.45, 2.75) is 6.92 Å². The molecule has 0 atom stereocenters. The second-order valence-corrected chi connectivity index (χ2v) is 3.41. The maximum absolute atomic E-state index is 11.5. The lowest BCUT2D eigenvalue weighted by Gasteiger charge is -2.34. The van der Waals surface area contributed by atoms with Gasteiger partial charge in [-0.3, -0.25) is 4.79 Å². The van der Waals surface area contributed by atoms with Gasteiger partial charge >= 0.3 is 6.03 Å². The molecule has 1 aliphatic heterocycles. The number of amides is 3. The van der Waals surface area contributed by atoms with Crippen molar-refractivity contribution < 1.29 is 14.3 Å². The van der Waals surface area contributed by atoms with Crippen molar-refractivity contribution >= 4 is 11.9 Å². The first-order valence-corrected chi connectivity index (χ1v) is 4.92. The van der Waals surface area contributed by atoms with Gasteiger partial charge in [-0.25, -0.2) is 4.79 Å². The Morgan fingerprint density at radius 1 is 1.20 bits per heavy atom. The molecule has 1 saturated heterocycles. The van der Waals surface area contributed by atoms with Gasteiger partial charge in [-0.05, 0) is 0 Å². The van der Waals surface area contributed by atoms with Gasteiger partial charge in [-0.15, -0.1) is 0 Å². The Hall–Kier alpha value is -1.30. The zero-order chi connectivity index (χ0) is 11.3. The van der Waals surface area contributed by atoms with Crippen molar-refractivity contribution in [1.29, 1.82) is 0 Å². The largest absolute Gasteiger partial charge is 0.364 e. The van der Waals surface area contributed by atoms with Crippen LogP contribution in [0.4, 0.5) is 4.79 Å². The Morgan fingerprint density at radius 3 is 2.20 bits per heavy atom. The van der Waals surface area contributed by atoms with Crippen LogP contribution in [0.3, 0.4) is 0 Å². The third kappa shape index (κ3) is 3.39. The maximum atomic E-state index is 11.5. The molecule has 0 aliphatic carbocycles. The lowest BCUT2D eigenvalue weighted by Crippen LogP contribution is -2.52. The summed E-state index contributed by atoms with van der Waals surface area (Å²) in [5.41, 5.74) is 0. The number of methoxy groups -OCH3 is 1. The molecule has 1 heterocycles. The fourth-order valence-corrected chi connectivity index (χ4v) is 1.47. The minimum Gasteiger partial charge on any atom is -0.364 e. The lowest BCUT2D eigenvalue weighted by molar-refractivity contribution is -0.130. The second-order valence-electron chi connectivity index (χ2n) is 3.41. The SMILES string of the molecule is COCNC(=O)N1CCN(C(C)=O)CC1. The Kier molecular flexibility index (Phi) is 4.36. The molecule has 1 rings (SSSR count). The van der Waals surface area contributed by atoms with Crippen molar-refractivity contribution in [2.75, 3.05) is 40.0 Å². The quantitative estimate of drug-likeness (QED) is 0.629. The van der Waals surface area contributed by atoms with Gasteiger partial charge in [0.2, 0.25) is 5.91 Å². The molecule has 0 aromatic carbocycles. The van der Waals surface area contributed by atoms with Crippen molar-refractivity contribution in [3.8, 4) is 0 Å². The summed E-state index contributed by atoms with van der Waals surface area (Å²) in [6.07, 6.45) is 0. The number of carbonyl (C=O) groups is 2. The molecule has 15 heavy (non-hydrogen) atoms. The van der Waals surface area contributed by atoms with Gasteiger partial charge in [0.1, 0.15) is 6.73 Å². The highest BCUT2D eigenvalue weighted by atomic mass is 16.5. The minimum atomic E-state index is -0.139. The molecule has 0 saturated carbocycles. The van der Waals surface area contributed by atoms with Gasteiger partial charge < -0.3 is 19.9 Å². The summed E-state index contributed by atoms with van der Waals surface area (Å²) in [7, 11) is 1.52. The van der Waals surface area contributed by atoms with Crippen molar-refractivity contribution in [1.82, 2.24) is 15.1 Å². The smallest absolute Gasteiger partial charge is 0.319 e.